The summed E-state index contributed by atoms with van der Waals surface area (Å²) in [6.45, 7) is 1.11. The predicted molar refractivity (Wildman–Crippen MR) is 49.4 cm³/mol. The van der Waals surface area contributed by atoms with Gasteiger partial charge in [0.1, 0.15) is 16.3 Å². The van der Waals surface area contributed by atoms with Crippen LogP contribution in [0.5, 0.6) is 0 Å². The quantitative estimate of drug-likeness (QED) is 0.805. The van der Waals surface area contributed by atoms with E-state index in [0.29, 0.717) is 6.07 Å². The third kappa shape index (κ3) is 2.02. The van der Waals surface area contributed by atoms with Gasteiger partial charge in [0.25, 0.3) is 0 Å². The van der Waals surface area contributed by atoms with Crippen LogP contribution in [0.15, 0.2) is 11.0 Å². The van der Waals surface area contributed by atoms with Crippen LogP contribution in [-0.4, -0.2) is 19.5 Å². The smallest absolute Gasteiger partial charge is 0.341 e. The first-order valence-electron chi connectivity index (χ1n) is 3.91. The molecule has 0 saturated heterocycles. The number of primary sulfonamides is 1. The van der Waals surface area contributed by atoms with E-state index < -0.39 is 38.1 Å². The maximum atomic E-state index is 13.4. The number of halogens is 2. The molecule has 8 heteroatoms. The van der Waals surface area contributed by atoms with Crippen LogP contribution in [-0.2, 0) is 10.0 Å². The molecule has 0 radical (unpaired) electrons. The van der Waals surface area contributed by atoms with Gasteiger partial charge >= 0.3 is 5.97 Å². The maximum absolute atomic E-state index is 13.4. The summed E-state index contributed by atoms with van der Waals surface area (Å²) in [5, 5.41) is 13.2. The molecule has 1 aromatic rings. The molecule has 0 aliphatic rings. The molecule has 16 heavy (non-hydrogen) atoms. The summed E-state index contributed by atoms with van der Waals surface area (Å²) in [4.78, 5) is 9.52. The number of aromatic carboxylic acids is 1. The molecule has 0 amide bonds. The summed E-state index contributed by atoms with van der Waals surface area (Å²) >= 11 is 0. The number of aryl methyl sites for hydroxylation is 1. The first-order valence-corrected chi connectivity index (χ1v) is 5.45. The summed E-state index contributed by atoms with van der Waals surface area (Å²) in [5.74, 6) is -4.92. The molecule has 5 nitrogen and oxygen atoms in total. The monoisotopic (exact) mass is 251 g/mol. The minimum Gasteiger partial charge on any atom is -0.477 e. The second kappa shape index (κ2) is 3.80. The molecule has 88 valence electrons. The molecule has 0 fully saturated rings. The van der Waals surface area contributed by atoms with Gasteiger partial charge in [-0.3, -0.25) is 0 Å². The van der Waals surface area contributed by atoms with Crippen molar-refractivity contribution in [1.29, 1.82) is 0 Å². The van der Waals surface area contributed by atoms with Crippen molar-refractivity contribution in [2.45, 2.75) is 11.8 Å². The molecule has 0 aliphatic heterocycles. The van der Waals surface area contributed by atoms with E-state index in [4.69, 9.17) is 5.11 Å². The fourth-order valence-corrected chi connectivity index (χ4v) is 1.83. The van der Waals surface area contributed by atoms with E-state index >= 15 is 0 Å². The predicted octanol–water partition coefficient (Wildman–Crippen LogP) is 0.619. The first-order chi connectivity index (χ1) is 7.16. The van der Waals surface area contributed by atoms with Crippen molar-refractivity contribution in [3.63, 3.8) is 0 Å². The zero-order valence-electron chi connectivity index (χ0n) is 7.99. The molecule has 0 aliphatic carbocycles. The first kappa shape index (κ1) is 12.5. The van der Waals surface area contributed by atoms with Crippen LogP contribution in [0.25, 0.3) is 0 Å². The van der Waals surface area contributed by atoms with Gasteiger partial charge in [-0.1, -0.05) is 0 Å². The second-order valence-corrected chi connectivity index (χ2v) is 4.57. The molecule has 3 N–H and O–H groups in total. The molecule has 0 spiro atoms. The molecule has 1 rings (SSSR count). The largest absolute Gasteiger partial charge is 0.477 e. The van der Waals surface area contributed by atoms with Gasteiger partial charge in [-0.15, -0.1) is 0 Å². The maximum Gasteiger partial charge on any atom is 0.341 e. The zero-order valence-corrected chi connectivity index (χ0v) is 8.81. The van der Waals surface area contributed by atoms with Crippen molar-refractivity contribution >= 4 is 16.0 Å². The van der Waals surface area contributed by atoms with E-state index in [-0.39, 0.29) is 5.56 Å². The summed E-state index contributed by atoms with van der Waals surface area (Å²) in [6, 6.07) is 0.645. The number of rotatable bonds is 2. The van der Waals surface area contributed by atoms with Gasteiger partial charge in [-0.05, 0) is 18.6 Å². The van der Waals surface area contributed by atoms with Crippen molar-refractivity contribution in [2.24, 2.45) is 5.14 Å². The number of hydrogen-bond donors (Lipinski definition) is 2. The third-order valence-corrected chi connectivity index (χ3v) is 2.78. The highest BCUT2D eigenvalue weighted by molar-refractivity contribution is 7.89. The number of hydrogen-bond acceptors (Lipinski definition) is 3. The Hall–Kier alpha value is -1.54. The van der Waals surface area contributed by atoms with E-state index in [1.54, 1.807) is 0 Å². The Kier molecular flexibility index (Phi) is 2.97. The molecular weight excluding hydrogens is 244 g/mol. The SMILES string of the molecule is Cc1cc(S(N)(=O)=O)c(F)c(C(=O)O)c1F. The molecule has 0 aromatic heterocycles. The van der Waals surface area contributed by atoms with Gasteiger partial charge in [0.15, 0.2) is 5.82 Å². The minimum absolute atomic E-state index is 0.317. The lowest BCUT2D eigenvalue weighted by Gasteiger charge is -2.07. The van der Waals surface area contributed by atoms with Crippen LogP contribution in [0.4, 0.5) is 8.78 Å². The summed E-state index contributed by atoms with van der Waals surface area (Å²) in [7, 11) is -4.43. The Morgan fingerprint density at radius 1 is 1.38 bits per heavy atom. The Morgan fingerprint density at radius 2 is 1.88 bits per heavy atom. The summed E-state index contributed by atoms with van der Waals surface area (Å²) < 4.78 is 48.4. The highest BCUT2D eigenvalue weighted by Crippen LogP contribution is 2.23. The lowest BCUT2D eigenvalue weighted by molar-refractivity contribution is 0.0685. The normalized spacial score (nSPS) is 11.5. The van der Waals surface area contributed by atoms with E-state index in [9.17, 15) is 22.0 Å². The van der Waals surface area contributed by atoms with Crippen molar-refractivity contribution in [3.05, 3.63) is 28.8 Å². The van der Waals surface area contributed by atoms with Gasteiger partial charge in [0.2, 0.25) is 10.0 Å². The molecule has 0 atom stereocenters. The van der Waals surface area contributed by atoms with Gasteiger partial charge in [-0.2, -0.15) is 0 Å². The molecule has 0 heterocycles. The third-order valence-electron chi connectivity index (χ3n) is 1.87. The number of benzene rings is 1. The van der Waals surface area contributed by atoms with Gasteiger partial charge in [0.05, 0.1) is 0 Å². The number of carbonyl (C=O) groups is 1. The van der Waals surface area contributed by atoms with Crippen LogP contribution in [0.1, 0.15) is 15.9 Å². The standard InChI is InChI=1S/C8H7F2NO4S/c1-3-2-4(16(11,14)15)7(10)5(6(3)9)8(12)13/h2H,1H3,(H,12,13)(H2,11,14,15). The number of sulfonamides is 1. The van der Waals surface area contributed by atoms with Crippen LogP contribution in [0.2, 0.25) is 0 Å². The Bertz CT molecular complexity index is 568. The number of carboxylic acid groups (broad SMARTS) is 1. The van der Waals surface area contributed by atoms with Crippen LogP contribution in [0.3, 0.4) is 0 Å². The van der Waals surface area contributed by atoms with Crippen molar-refractivity contribution in [2.75, 3.05) is 0 Å². The second-order valence-electron chi connectivity index (χ2n) is 3.04. The van der Waals surface area contributed by atoms with Gasteiger partial charge in [-0.25, -0.2) is 27.1 Å². The lowest BCUT2D eigenvalue weighted by atomic mass is 10.1. The van der Waals surface area contributed by atoms with Gasteiger partial charge in [0, 0.05) is 0 Å². The molecular formula is C8H7F2NO4S. The highest BCUT2D eigenvalue weighted by Gasteiger charge is 2.26. The average Bonchev–Trinajstić information content (AvgIpc) is 2.09. The molecule has 1 aromatic carbocycles. The van der Waals surface area contributed by atoms with E-state index in [2.05, 4.69) is 5.14 Å². The fourth-order valence-electron chi connectivity index (χ4n) is 1.13. The zero-order chi connectivity index (χ0) is 12.7. The van der Waals surface area contributed by atoms with Crippen molar-refractivity contribution in [3.8, 4) is 0 Å². The van der Waals surface area contributed by atoms with Crippen molar-refractivity contribution in [1.82, 2.24) is 0 Å². The summed E-state index contributed by atoms with van der Waals surface area (Å²) in [5.41, 5.74) is -1.65. The van der Waals surface area contributed by atoms with Crippen LogP contribution >= 0.6 is 0 Å². The Morgan fingerprint density at radius 3 is 2.25 bits per heavy atom. The molecule has 0 unspecified atom stereocenters. The number of nitrogens with two attached hydrogens (primary N) is 1. The Labute approximate surface area is 89.5 Å². The lowest BCUT2D eigenvalue weighted by Crippen LogP contribution is -2.18. The van der Waals surface area contributed by atoms with E-state index in [1.165, 1.54) is 0 Å². The van der Waals surface area contributed by atoms with Gasteiger partial charge < -0.3 is 5.11 Å². The van der Waals surface area contributed by atoms with Crippen molar-refractivity contribution < 1.29 is 27.1 Å². The highest BCUT2D eigenvalue weighted by atomic mass is 32.2. The average molecular weight is 251 g/mol. The van der Waals surface area contributed by atoms with Crippen LogP contribution < -0.4 is 5.14 Å². The minimum atomic E-state index is -4.43. The fraction of sp³-hybridized carbons (Fsp3) is 0.125. The topological polar surface area (TPSA) is 97.5 Å². The van der Waals surface area contributed by atoms with Crippen LogP contribution in [0, 0.1) is 18.6 Å². The number of carboxylic acids is 1. The molecule has 0 saturated carbocycles. The summed E-state index contributed by atoms with van der Waals surface area (Å²) in [6.07, 6.45) is 0. The Balaban J connectivity index is 3.78. The molecule has 0 bridgehead atoms. The van der Waals surface area contributed by atoms with E-state index in [0.717, 1.165) is 6.92 Å². The van der Waals surface area contributed by atoms with E-state index in [1.807, 2.05) is 0 Å².